The van der Waals surface area contributed by atoms with Gasteiger partial charge in [-0.2, -0.15) is 0 Å². The van der Waals surface area contributed by atoms with E-state index in [2.05, 4.69) is 0 Å². The van der Waals surface area contributed by atoms with Gasteiger partial charge in [-0.25, -0.2) is 9.59 Å². The van der Waals surface area contributed by atoms with Gasteiger partial charge >= 0.3 is 11.9 Å². The van der Waals surface area contributed by atoms with Gasteiger partial charge in [-0.1, -0.05) is 0 Å². The van der Waals surface area contributed by atoms with Crippen molar-refractivity contribution in [1.29, 1.82) is 0 Å². The van der Waals surface area contributed by atoms with E-state index in [0.717, 1.165) is 19.5 Å². The number of aliphatic hydroxyl groups is 2. The van der Waals surface area contributed by atoms with Crippen molar-refractivity contribution in [2.24, 2.45) is 0 Å². The summed E-state index contributed by atoms with van der Waals surface area (Å²) >= 11 is 0. The van der Waals surface area contributed by atoms with Crippen LogP contribution < -0.4 is 0 Å². The highest BCUT2D eigenvalue weighted by Gasteiger charge is 2.29. The van der Waals surface area contributed by atoms with Crippen LogP contribution in [0, 0.1) is 0 Å². The van der Waals surface area contributed by atoms with E-state index in [0.29, 0.717) is 13.2 Å². The number of carboxylic acid groups (broad SMARTS) is 2. The number of carbonyl (C=O) groups excluding carboxylic acids is 1. The maximum Gasteiger partial charge on any atom is 0.335 e. The van der Waals surface area contributed by atoms with Crippen LogP contribution in [0.2, 0.25) is 0 Å². The molecule has 2 unspecified atom stereocenters. The molecular weight excluding hydrogens is 250 g/mol. The fraction of sp³-hybridized carbons (Fsp3) is 0.667. The van der Waals surface area contributed by atoms with Crippen LogP contribution in [0.4, 0.5) is 0 Å². The Kier molecular flexibility index (Phi) is 7.59. The molecule has 0 radical (unpaired) electrons. The number of rotatable bonds is 4. The number of morpholine rings is 1. The molecule has 0 spiro atoms. The summed E-state index contributed by atoms with van der Waals surface area (Å²) in [5.74, 6) is -3.54. The third kappa shape index (κ3) is 6.13. The summed E-state index contributed by atoms with van der Waals surface area (Å²) < 4.78 is 5.00. The molecule has 104 valence electrons. The van der Waals surface area contributed by atoms with Crippen molar-refractivity contribution in [3.05, 3.63) is 0 Å². The van der Waals surface area contributed by atoms with Gasteiger partial charge in [0.25, 0.3) is 0 Å². The molecule has 1 rings (SSSR count). The highest BCUT2D eigenvalue weighted by Crippen LogP contribution is 1.92. The number of ether oxygens (including phenoxy) is 1. The van der Waals surface area contributed by atoms with Gasteiger partial charge < -0.3 is 30.1 Å². The van der Waals surface area contributed by atoms with E-state index >= 15 is 0 Å². The molecule has 9 heteroatoms. The van der Waals surface area contributed by atoms with Gasteiger partial charge in [-0.3, -0.25) is 4.79 Å². The van der Waals surface area contributed by atoms with Crippen LogP contribution in [0.5, 0.6) is 0 Å². The molecule has 0 bridgehead atoms. The van der Waals surface area contributed by atoms with Crippen molar-refractivity contribution >= 4 is 18.3 Å². The molecule has 1 amide bonds. The lowest BCUT2D eigenvalue weighted by atomic mass is 10.2. The van der Waals surface area contributed by atoms with Crippen LogP contribution in [0.3, 0.4) is 0 Å². The van der Waals surface area contributed by atoms with Gasteiger partial charge in [-0.05, 0) is 0 Å². The van der Waals surface area contributed by atoms with Crippen molar-refractivity contribution in [3.8, 4) is 0 Å². The number of hydrogen-bond acceptors (Lipinski definition) is 6. The average Bonchev–Trinajstić information content (AvgIpc) is 2.38. The first-order chi connectivity index (χ1) is 8.40. The van der Waals surface area contributed by atoms with Crippen LogP contribution in [0.1, 0.15) is 0 Å². The van der Waals surface area contributed by atoms with E-state index < -0.39 is 24.1 Å². The SMILES string of the molecule is O=C(O)C(O)C(O)C(=O)O.O=CN1CCOCC1. The maximum absolute atomic E-state index is 10.0. The van der Waals surface area contributed by atoms with E-state index in [4.69, 9.17) is 25.2 Å². The largest absolute Gasteiger partial charge is 0.479 e. The smallest absolute Gasteiger partial charge is 0.335 e. The normalized spacial score (nSPS) is 18.0. The van der Waals surface area contributed by atoms with Gasteiger partial charge in [0.2, 0.25) is 6.41 Å². The first-order valence-corrected chi connectivity index (χ1v) is 4.99. The number of amides is 1. The number of hydrogen-bond donors (Lipinski definition) is 4. The Morgan fingerprint density at radius 2 is 1.44 bits per heavy atom. The first-order valence-electron chi connectivity index (χ1n) is 4.99. The number of carboxylic acids is 2. The lowest BCUT2D eigenvalue weighted by Crippen LogP contribution is -2.39. The quantitative estimate of drug-likeness (QED) is 0.403. The standard InChI is InChI=1S/C5H9NO2.C4H6O6/c7-5-6-1-3-8-4-2-6;5-1(3(7)8)2(6)4(9)10/h5H,1-4H2;1-2,5-6H,(H,7,8)(H,9,10). The Bertz CT molecular complexity index is 270. The summed E-state index contributed by atoms with van der Waals surface area (Å²) in [6.45, 7) is 2.89. The maximum atomic E-state index is 10.0. The van der Waals surface area contributed by atoms with Crippen LogP contribution in [0.15, 0.2) is 0 Å². The molecule has 0 aromatic heterocycles. The molecule has 1 heterocycles. The second-order valence-corrected chi connectivity index (χ2v) is 3.32. The topological polar surface area (TPSA) is 145 Å². The van der Waals surface area contributed by atoms with Crippen LogP contribution in [-0.2, 0) is 19.1 Å². The van der Waals surface area contributed by atoms with Crippen molar-refractivity contribution < 1.29 is 39.5 Å². The minimum atomic E-state index is -2.27. The zero-order valence-corrected chi connectivity index (χ0v) is 9.43. The summed E-state index contributed by atoms with van der Waals surface area (Å²) in [6, 6.07) is 0. The van der Waals surface area contributed by atoms with Gasteiger partial charge in [0, 0.05) is 13.1 Å². The zero-order valence-electron chi connectivity index (χ0n) is 9.43. The highest BCUT2D eigenvalue weighted by molar-refractivity contribution is 5.83. The van der Waals surface area contributed by atoms with Crippen molar-refractivity contribution in [3.63, 3.8) is 0 Å². The summed E-state index contributed by atoms with van der Waals surface area (Å²) in [4.78, 5) is 31.3. The Morgan fingerprint density at radius 1 is 1.06 bits per heavy atom. The molecule has 2 atom stereocenters. The van der Waals surface area contributed by atoms with Crippen molar-refractivity contribution in [2.75, 3.05) is 26.3 Å². The lowest BCUT2D eigenvalue weighted by molar-refractivity contribution is -0.165. The molecule has 18 heavy (non-hydrogen) atoms. The number of carbonyl (C=O) groups is 3. The molecule has 1 fully saturated rings. The first kappa shape index (κ1) is 16.3. The third-order valence-corrected chi connectivity index (χ3v) is 2.00. The summed E-state index contributed by atoms with van der Waals surface area (Å²) in [7, 11) is 0. The number of aliphatic carboxylic acids is 2. The highest BCUT2D eigenvalue weighted by atomic mass is 16.5. The molecule has 1 aliphatic heterocycles. The number of aliphatic hydroxyl groups excluding tert-OH is 2. The summed E-state index contributed by atoms with van der Waals surface area (Å²) in [5.41, 5.74) is 0. The van der Waals surface area contributed by atoms with Crippen LogP contribution in [0.25, 0.3) is 0 Å². The molecule has 4 N–H and O–H groups in total. The van der Waals surface area contributed by atoms with E-state index in [1.54, 1.807) is 4.90 Å². The fourth-order valence-corrected chi connectivity index (χ4v) is 0.953. The predicted octanol–water partition coefficient (Wildman–Crippen LogP) is -2.65. The van der Waals surface area contributed by atoms with Gasteiger partial charge in [0.15, 0.2) is 12.2 Å². The molecular formula is C9H15NO8. The van der Waals surface area contributed by atoms with Gasteiger partial charge in [0.05, 0.1) is 13.2 Å². The average molecular weight is 265 g/mol. The van der Waals surface area contributed by atoms with E-state index in [9.17, 15) is 14.4 Å². The second-order valence-electron chi connectivity index (χ2n) is 3.32. The molecule has 9 nitrogen and oxygen atoms in total. The number of nitrogens with zero attached hydrogens (tertiary/aromatic N) is 1. The zero-order chi connectivity index (χ0) is 14.1. The summed E-state index contributed by atoms with van der Waals surface area (Å²) in [6.07, 6.45) is -3.67. The minimum absolute atomic E-state index is 0.693. The molecule has 1 saturated heterocycles. The van der Waals surface area contributed by atoms with Crippen LogP contribution >= 0.6 is 0 Å². The molecule has 0 saturated carbocycles. The Balaban J connectivity index is 0.000000327. The van der Waals surface area contributed by atoms with E-state index in [1.807, 2.05) is 0 Å². The van der Waals surface area contributed by atoms with Gasteiger partial charge in [-0.15, -0.1) is 0 Å². The monoisotopic (exact) mass is 265 g/mol. The molecule has 1 aliphatic rings. The van der Waals surface area contributed by atoms with E-state index in [-0.39, 0.29) is 0 Å². The Hall–Kier alpha value is -1.71. The molecule has 0 aromatic rings. The van der Waals surface area contributed by atoms with Crippen molar-refractivity contribution in [2.45, 2.75) is 12.2 Å². The summed E-state index contributed by atoms with van der Waals surface area (Å²) in [5, 5.41) is 32.5. The second kappa shape index (κ2) is 8.39. The molecule has 0 aromatic carbocycles. The van der Waals surface area contributed by atoms with Crippen LogP contribution in [-0.4, -0.2) is 82.2 Å². The lowest BCUT2D eigenvalue weighted by Gasteiger charge is -2.21. The third-order valence-electron chi connectivity index (χ3n) is 2.00. The van der Waals surface area contributed by atoms with E-state index in [1.165, 1.54) is 0 Å². The predicted molar refractivity (Wildman–Crippen MR) is 55.7 cm³/mol. The minimum Gasteiger partial charge on any atom is -0.479 e. The Labute approximate surface area is 102 Å². The molecule has 0 aliphatic carbocycles. The fourth-order valence-electron chi connectivity index (χ4n) is 0.953. The van der Waals surface area contributed by atoms with Gasteiger partial charge in [0.1, 0.15) is 0 Å². The Morgan fingerprint density at radius 3 is 1.67 bits per heavy atom. The van der Waals surface area contributed by atoms with Crippen molar-refractivity contribution in [1.82, 2.24) is 4.90 Å².